The van der Waals surface area contributed by atoms with Crippen LogP contribution in [0.4, 0.5) is 0 Å². The molecule has 2 unspecified atom stereocenters. The van der Waals surface area contributed by atoms with Gasteiger partial charge in [0.15, 0.2) is 0 Å². The van der Waals surface area contributed by atoms with Gasteiger partial charge in [-0.15, -0.1) is 21.5 Å². The van der Waals surface area contributed by atoms with E-state index < -0.39 is 0 Å². The first-order chi connectivity index (χ1) is 11.7. The fourth-order valence-electron chi connectivity index (χ4n) is 3.39. The zero-order valence-corrected chi connectivity index (χ0v) is 14.7. The lowest BCUT2D eigenvalue weighted by atomic mass is 10.2. The molecule has 0 radical (unpaired) electrons. The van der Waals surface area contributed by atoms with Crippen molar-refractivity contribution in [3.8, 4) is 10.8 Å². The van der Waals surface area contributed by atoms with Gasteiger partial charge in [0.1, 0.15) is 0 Å². The Labute approximate surface area is 145 Å². The summed E-state index contributed by atoms with van der Waals surface area (Å²) in [6, 6.07) is 4.58. The van der Waals surface area contributed by atoms with Crippen molar-refractivity contribution in [2.24, 2.45) is 0 Å². The molecule has 4 heterocycles. The molecular weight excluding hydrogens is 322 g/mol. The molecule has 0 spiro atoms. The van der Waals surface area contributed by atoms with E-state index in [1.807, 2.05) is 28.4 Å². The number of nitrogens with zero attached hydrogens (tertiary/aromatic N) is 5. The molecule has 0 aromatic carbocycles. The summed E-state index contributed by atoms with van der Waals surface area (Å²) >= 11 is 1.62. The predicted molar refractivity (Wildman–Crippen MR) is 92.7 cm³/mol. The summed E-state index contributed by atoms with van der Waals surface area (Å²) in [6.45, 7) is 6.19. The lowest BCUT2D eigenvalue weighted by Gasteiger charge is -2.28. The van der Waals surface area contributed by atoms with Gasteiger partial charge in [0.2, 0.25) is 5.89 Å². The van der Waals surface area contributed by atoms with E-state index >= 15 is 0 Å². The van der Waals surface area contributed by atoms with Crippen molar-refractivity contribution in [1.29, 1.82) is 0 Å². The first-order valence-electron chi connectivity index (χ1n) is 8.33. The van der Waals surface area contributed by atoms with E-state index in [-0.39, 0.29) is 6.04 Å². The number of aromatic nitrogens is 4. The van der Waals surface area contributed by atoms with Crippen LogP contribution >= 0.6 is 11.3 Å². The molecule has 24 heavy (non-hydrogen) atoms. The largest absolute Gasteiger partial charge is 0.418 e. The monoisotopic (exact) mass is 343 g/mol. The first-order valence-corrected chi connectivity index (χ1v) is 9.21. The summed E-state index contributed by atoms with van der Waals surface area (Å²) in [5.41, 5.74) is 1.20. The number of hydrogen-bond donors (Lipinski definition) is 0. The van der Waals surface area contributed by atoms with E-state index in [0.717, 1.165) is 18.0 Å². The van der Waals surface area contributed by atoms with Crippen LogP contribution in [0.1, 0.15) is 37.3 Å². The van der Waals surface area contributed by atoms with E-state index in [1.54, 1.807) is 11.3 Å². The molecule has 0 amide bonds. The zero-order valence-electron chi connectivity index (χ0n) is 13.9. The summed E-state index contributed by atoms with van der Waals surface area (Å²) in [5, 5.41) is 14.9. The van der Waals surface area contributed by atoms with Gasteiger partial charge in [0.05, 0.1) is 23.7 Å². The Morgan fingerprint density at radius 3 is 3.08 bits per heavy atom. The molecule has 1 aliphatic rings. The second-order valence-electron chi connectivity index (χ2n) is 6.37. The van der Waals surface area contributed by atoms with E-state index in [4.69, 9.17) is 4.42 Å². The molecule has 0 aliphatic carbocycles. The summed E-state index contributed by atoms with van der Waals surface area (Å²) in [5.74, 6) is 1.31. The maximum Gasteiger partial charge on any atom is 0.257 e. The highest BCUT2D eigenvalue weighted by atomic mass is 32.1. The lowest BCUT2D eigenvalue weighted by Crippen LogP contribution is -2.35. The van der Waals surface area contributed by atoms with E-state index in [2.05, 4.69) is 40.2 Å². The predicted octanol–water partition coefficient (Wildman–Crippen LogP) is 3.53. The fraction of sp³-hybridized carbons (Fsp3) is 0.471. The Balaban J connectivity index is 1.49. The number of likely N-dealkylation sites (tertiary alicyclic amines) is 1. The van der Waals surface area contributed by atoms with E-state index in [9.17, 15) is 0 Å². The third-order valence-corrected chi connectivity index (χ3v) is 5.47. The highest BCUT2D eigenvalue weighted by Crippen LogP contribution is 2.31. The van der Waals surface area contributed by atoms with Crippen LogP contribution in [0.2, 0.25) is 0 Å². The molecular formula is C17H21N5OS. The number of rotatable bonds is 5. The van der Waals surface area contributed by atoms with Crippen molar-refractivity contribution < 1.29 is 4.42 Å². The number of thiophene rings is 1. The van der Waals surface area contributed by atoms with Gasteiger partial charge in [-0.2, -0.15) is 5.10 Å². The topological polar surface area (TPSA) is 60.0 Å². The second kappa shape index (κ2) is 6.49. The van der Waals surface area contributed by atoms with Gasteiger partial charge >= 0.3 is 0 Å². The van der Waals surface area contributed by atoms with Crippen LogP contribution in [0.25, 0.3) is 10.8 Å². The van der Waals surface area contributed by atoms with E-state index in [0.29, 0.717) is 17.8 Å². The molecule has 3 aromatic heterocycles. The van der Waals surface area contributed by atoms with Crippen molar-refractivity contribution in [3.63, 3.8) is 0 Å². The molecule has 2 atom stereocenters. The molecule has 1 saturated heterocycles. The quantitative estimate of drug-likeness (QED) is 0.709. The van der Waals surface area contributed by atoms with Crippen LogP contribution in [-0.4, -0.2) is 37.5 Å². The molecule has 0 saturated carbocycles. The Morgan fingerprint density at radius 1 is 1.42 bits per heavy atom. The molecule has 7 heteroatoms. The molecule has 126 valence electrons. The van der Waals surface area contributed by atoms with Gasteiger partial charge < -0.3 is 4.42 Å². The third kappa shape index (κ3) is 3.01. The summed E-state index contributed by atoms with van der Waals surface area (Å²) < 4.78 is 7.97. The Kier molecular flexibility index (Phi) is 4.20. The van der Waals surface area contributed by atoms with Crippen LogP contribution < -0.4 is 0 Å². The van der Waals surface area contributed by atoms with Gasteiger partial charge in [-0.3, -0.25) is 9.58 Å². The molecule has 4 rings (SSSR count). The highest BCUT2D eigenvalue weighted by molar-refractivity contribution is 7.13. The summed E-state index contributed by atoms with van der Waals surface area (Å²) in [6.07, 6.45) is 6.38. The fourth-order valence-corrected chi connectivity index (χ4v) is 4.04. The molecule has 1 fully saturated rings. The SMILES string of the molecule is Cc1cnn(CC2CCCN2C(C)c2nnc(-c3cccs3)o2)c1. The minimum atomic E-state index is 0.121. The van der Waals surface area contributed by atoms with Crippen LogP contribution in [0.15, 0.2) is 34.3 Å². The van der Waals surface area contributed by atoms with Gasteiger partial charge in [-0.1, -0.05) is 6.07 Å². The maximum atomic E-state index is 5.93. The number of hydrogen-bond acceptors (Lipinski definition) is 6. The summed E-state index contributed by atoms with van der Waals surface area (Å²) in [7, 11) is 0. The van der Waals surface area contributed by atoms with Crippen molar-refractivity contribution >= 4 is 11.3 Å². The Bertz CT molecular complexity index is 794. The Morgan fingerprint density at radius 2 is 2.33 bits per heavy atom. The molecule has 1 aliphatic heterocycles. The van der Waals surface area contributed by atoms with Gasteiger partial charge in [-0.05, 0) is 50.2 Å². The summed E-state index contributed by atoms with van der Waals surface area (Å²) in [4.78, 5) is 3.48. The normalized spacial score (nSPS) is 19.8. The third-order valence-electron chi connectivity index (χ3n) is 4.61. The first kappa shape index (κ1) is 15.5. The zero-order chi connectivity index (χ0) is 16.5. The number of aryl methyl sites for hydroxylation is 1. The van der Waals surface area contributed by atoms with E-state index in [1.165, 1.54) is 18.4 Å². The Hall–Kier alpha value is -1.99. The second-order valence-corrected chi connectivity index (χ2v) is 7.32. The van der Waals surface area contributed by atoms with Gasteiger partial charge in [-0.25, -0.2) is 0 Å². The minimum absolute atomic E-state index is 0.121. The maximum absolute atomic E-state index is 5.93. The van der Waals surface area contributed by atoms with Crippen molar-refractivity contribution in [1.82, 2.24) is 24.9 Å². The van der Waals surface area contributed by atoms with Gasteiger partial charge in [0.25, 0.3) is 5.89 Å². The van der Waals surface area contributed by atoms with Crippen LogP contribution in [-0.2, 0) is 6.54 Å². The standard InChI is InChI=1S/C17H21N5OS/c1-12-9-18-21(10-12)11-14-5-3-7-22(14)13(2)16-19-20-17(23-16)15-6-4-8-24-15/h4,6,8-10,13-14H,3,5,7,11H2,1-2H3. The highest BCUT2D eigenvalue weighted by Gasteiger charge is 2.32. The average molecular weight is 343 g/mol. The van der Waals surface area contributed by atoms with Crippen molar-refractivity contribution in [3.05, 3.63) is 41.4 Å². The van der Waals surface area contributed by atoms with Gasteiger partial charge in [0, 0.05) is 12.2 Å². The molecule has 3 aromatic rings. The average Bonchev–Trinajstić information content (AvgIpc) is 3.35. The van der Waals surface area contributed by atoms with Crippen molar-refractivity contribution in [2.75, 3.05) is 6.54 Å². The lowest BCUT2D eigenvalue weighted by molar-refractivity contribution is 0.152. The molecule has 0 N–H and O–H groups in total. The van der Waals surface area contributed by atoms with Crippen LogP contribution in [0.5, 0.6) is 0 Å². The molecule has 0 bridgehead atoms. The molecule has 6 nitrogen and oxygen atoms in total. The van der Waals surface area contributed by atoms with Crippen molar-refractivity contribution in [2.45, 2.75) is 45.3 Å². The smallest absolute Gasteiger partial charge is 0.257 e. The van der Waals surface area contributed by atoms with Crippen LogP contribution in [0.3, 0.4) is 0 Å². The van der Waals surface area contributed by atoms with Crippen LogP contribution in [0, 0.1) is 6.92 Å². The minimum Gasteiger partial charge on any atom is -0.418 e.